The number of hydrogen-bond acceptors (Lipinski definition) is 3. The van der Waals surface area contributed by atoms with Crippen molar-refractivity contribution in [2.45, 2.75) is 37.3 Å². The van der Waals surface area contributed by atoms with Crippen LogP contribution in [0.4, 0.5) is 8.78 Å². The molecule has 1 atom stereocenters. The number of para-hydroxylation sites is 1. The highest BCUT2D eigenvalue weighted by atomic mass is 19.3. The Labute approximate surface area is 127 Å². The van der Waals surface area contributed by atoms with Crippen LogP contribution < -0.4 is 15.4 Å². The van der Waals surface area contributed by atoms with Crippen molar-refractivity contribution >= 4 is 5.91 Å². The fraction of sp³-hybridized carbons (Fsp3) is 0.562. The molecule has 1 aromatic carbocycles. The van der Waals surface area contributed by atoms with E-state index in [1.165, 1.54) is 0 Å². The number of rotatable bonds is 2. The quantitative estimate of drug-likeness (QED) is 0.879. The van der Waals surface area contributed by atoms with Gasteiger partial charge in [0.25, 0.3) is 5.92 Å². The van der Waals surface area contributed by atoms with E-state index in [4.69, 9.17) is 4.74 Å². The summed E-state index contributed by atoms with van der Waals surface area (Å²) in [6.07, 6.45) is 0.748. The Bertz CT molecular complexity index is 614. The summed E-state index contributed by atoms with van der Waals surface area (Å²) in [7, 11) is 0. The smallest absolute Gasteiger partial charge is 0.254 e. The molecular weight excluding hydrogens is 290 g/mol. The molecule has 1 amide bonds. The second-order valence-corrected chi connectivity index (χ2v) is 6.55. The largest absolute Gasteiger partial charge is 0.492 e. The molecule has 4 rings (SSSR count). The van der Waals surface area contributed by atoms with Gasteiger partial charge in [0.1, 0.15) is 18.4 Å². The number of carbonyl (C=O) groups excluding carboxylic acids is 1. The molecule has 2 N–H and O–H groups in total. The highest BCUT2D eigenvalue weighted by Gasteiger charge is 2.75. The first-order valence-corrected chi connectivity index (χ1v) is 7.64. The predicted octanol–water partition coefficient (Wildman–Crippen LogP) is 2.01. The van der Waals surface area contributed by atoms with E-state index in [0.29, 0.717) is 31.7 Å². The minimum absolute atomic E-state index is 0.0231. The first kappa shape index (κ1) is 13.9. The van der Waals surface area contributed by atoms with Gasteiger partial charge in [-0.15, -0.1) is 0 Å². The van der Waals surface area contributed by atoms with Crippen LogP contribution in [0.1, 0.15) is 30.9 Å². The van der Waals surface area contributed by atoms with Crippen molar-refractivity contribution in [3.05, 3.63) is 29.8 Å². The predicted molar refractivity (Wildman–Crippen MR) is 75.8 cm³/mol. The van der Waals surface area contributed by atoms with Gasteiger partial charge in [-0.2, -0.15) is 0 Å². The average molecular weight is 308 g/mol. The Kier molecular flexibility index (Phi) is 2.95. The Balaban J connectivity index is 1.43. The van der Waals surface area contributed by atoms with Crippen LogP contribution in [-0.4, -0.2) is 31.0 Å². The van der Waals surface area contributed by atoms with E-state index in [1.807, 2.05) is 24.3 Å². The molecule has 2 fully saturated rings. The van der Waals surface area contributed by atoms with Gasteiger partial charge < -0.3 is 10.1 Å². The summed E-state index contributed by atoms with van der Waals surface area (Å²) in [6.45, 7) is 1.07. The van der Waals surface area contributed by atoms with Crippen LogP contribution in [0.5, 0.6) is 5.75 Å². The number of ether oxygens (including phenoxy) is 1. The van der Waals surface area contributed by atoms with Crippen molar-refractivity contribution in [1.29, 1.82) is 0 Å². The molecule has 0 bridgehead atoms. The molecule has 0 saturated heterocycles. The highest BCUT2D eigenvalue weighted by Crippen LogP contribution is 2.70. The molecule has 4 nitrogen and oxygen atoms in total. The monoisotopic (exact) mass is 308 g/mol. The van der Waals surface area contributed by atoms with Crippen LogP contribution in [0.2, 0.25) is 0 Å². The summed E-state index contributed by atoms with van der Waals surface area (Å²) < 4.78 is 32.0. The van der Waals surface area contributed by atoms with Crippen molar-refractivity contribution in [3.8, 4) is 5.75 Å². The number of halogens is 2. The topological polar surface area (TPSA) is 50.4 Å². The van der Waals surface area contributed by atoms with E-state index in [1.54, 1.807) is 0 Å². The maximum Gasteiger partial charge on any atom is 0.254 e. The van der Waals surface area contributed by atoms with Crippen LogP contribution in [0.25, 0.3) is 0 Å². The van der Waals surface area contributed by atoms with E-state index < -0.39 is 17.4 Å². The van der Waals surface area contributed by atoms with E-state index in [0.717, 1.165) is 5.56 Å². The van der Waals surface area contributed by atoms with Crippen molar-refractivity contribution in [3.63, 3.8) is 0 Å². The Morgan fingerprint density at radius 1 is 1.32 bits per heavy atom. The summed E-state index contributed by atoms with van der Waals surface area (Å²) in [5.74, 6) is -1.98. The summed E-state index contributed by atoms with van der Waals surface area (Å²) >= 11 is 0. The van der Waals surface area contributed by atoms with E-state index in [-0.39, 0.29) is 18.4 Å². The molecule has 2 saturated carbocycles. The molecule has 22 heavy (non-hydrogen) atoms. The standard InChI is InChI=1S/C16H18F2N2O2/c17-16(18)9-15(16)7-10(8-15)20-14(21)13-11-3-1-2-4-12(11)22-6-5-19-13/h1-4,10,13,19H,5-9H2,(H,20,21). The zero-order valence-corrected chi connectivity index (χ0v) is 12.1. The third-order valence-corrected chi connectivity index (χ3v) is 5.03. The maximum atomic E-state index is 13.2. The minimum Gasteiger partial charge on any atom is -0.492 e. The van der Waals surface area contributed by atoms with Gasteiger partial charge in [0.15, 0.2) is 0 Å². The van der Waals surface area contributed by atoms with Gasteiger partial charge in [-0.1, -0.05) is 18.2 Å². The van der Waals surface area contributed by atoms with Gasteiger partial charge in [0, 0.05) is 30.0 Å². The van der Waals surface area contributed by atoms with Crippen LogP contribution in [-0.2, 0) is 4.79 Å². The molecule has 1 aliphatic heterocycles. The van der Waals surface area contributed by atoms with Gasteiger partial charge in [0.2, 0.25) is 5.91 Å². The van der Waals surface area contributed by atoms with Crippen LogP contribution >= 0.6 is 0 Å². The third kappa shape index (κ3) is 2.08. The lowest BCUT2D eigenvalue weighted by Gasteiger charge is -2.37. The SMILES string of the molecule is O=C(NC1CC2(C1)CC2(F)F)C1NCCOc2ccccc21. The van der Waals surface area contributed by atoms with Crippen molar-refractivity contribution in [2.75, 3.05) is 13.2 Å². The minimum atomic E-state index is -2.52. The molecule has 1 spiro atoms. The van der Waals surface area contributed by atoms with Gasteiger partial charge in [-0.25, -0.2) is 8.78 Å². The molecule has 0 radical (unpaired) electrons. The van der Waals surface area contributed by atoms with Crippen LogP contribution in [0, 0.1) is 5.41 Å². The number of fused-ring (bicyclic) bond motifs is 1. The second-order valence-electron chi connectivity index (χ2n) is 6.55. The lowest BCUT2D eigenvalue weighted by molar-refractivity contribution is -0.125. The fourth-order valence-corrected chi connectivity index (χ4v) is 3.65. The van der Waals surface area contributed by atoms with Crippen molar-refractivity contribution in [1.82, 2.24) is 10.6 Å². The molecular formula is C16H18F2N2O2. The molecule has 2 aliphatic carbocycles. The van der Waals surface area contributed by atoms with Gasteiger partial charge in [-0.3, -0.25) is 10.1 Å². The molecule has 0 aromatic heterocycles. The summed E-state index contributed by atoms with van der Waals surface area (Å²) in [4.78, 5) is 12.5. The molecule has 1 unspecified atom stereocenters. The second kappa shape index (κ2) is 4.65. The van der Waals surface area contributed by atoms with Gasteiger partial charge in [0.05, 0.1) is 0 Å². The summed E-state index contributed by atoms with van der Waals surface area (Å²) in [5, 5.41) is 6.06. The maximum absolute atomic E-state index is 13.2. The van der Waals surface area contributed by atoms with Crippen molar-refractivity contribution in [2.24, 2.45) is 5.41 Å². The lowest BCUT2D eigenvalue weighted by atomic mass is 9.76. The number of benzene rings is 1. The number of amides is 1. The summed E-state index contributed by atoms with van der Waals surface area (Å²) in [6, 6.07) is 6.79. The van der Waals surface area contributed by atoms with E-state index in [9.17, 15) is 13.6 Å². The van der Waals surface area contributed by atoms with E-state index >= 15 is 0 Å². The fourth-order valence-electron chi connectivity index (χ4n) is 3.65. The number of hydrogen-bond donors (Lipinski definition) is 2. The molecule has 1 heterocycles. The Hall–Kier alpha value is -1.69. The normalized spacial score (nSPS) is 34.8. The Morgan fingerprint density at radius 2 is 2.05 bits per heavy atom. The van der Waals surface area contributed by atoms with E-state index in [2.05, 4.69) is 10.6 Å². The third-order valence-electron chi connectivity index (χ3n) is 5.03. The zero-order chi connectivity index (χ0) is 15.4. The van der Waals surface area contributed by atoms with Gasteiger partial charge in [-0.05, 0) is 18.9 Å². The first-order chi connectivity index (χ1) is 10.5. The molecule has 6 heteroatoms. The average Bonchev–Trinajstić information content (AvgIpc) is 3.08. The molecule has 3 aliphatic rings. The molecule has 1 aromatic rings. The lowest BCUT2D eigenvalue weighted by Crippen LogP contribution is -2.50. The molecule has 118 valence electrons. The first-order valence-electron chi connectivity index (χ1n) is 7.64. The Morgan fingerprint density at radius 3 is 2.77 bits per heavy atom. The number of alkyl halides is 2. The van der Waals surface area contributed by atoms with Gasteiger partial charge >= 0.3 is 0 Å². The van der Waals surface area contributed by atoms with Crippen LogP contribution in [0.3, 0.4) is 0 Å². The number of nitrogens with one attached hydrogen (secondary N) is 2. The van der Waals surface area contributed by atoms with Crippen molar-refractivity contribution < 1.29 is 18.3 Å². The van der Waals surface area contributed by atoms with Crippen LogP contribution in [0.15, 0.2) is 24.3 Å². The summed E-state index contributed by atoms with van der Waals surface area (Å²) in [5.41, 5.74) is -0.0219. The number of carbonyl (C=O) groups is 1. The highest BCUT2D eigenvalue weighted by molar-refractivity contribution is 5.84. The zero-order valence-electron chi connectivity index (χ0n) is 12.1.